The molecule has 2 aromatic rings. The number of aromatic nitrogens is 1. The van der Waals surface area contributed by atoms with Crippen LogP contribution >= 0.6 is 11.3 Å². The van der Waals surface area contributed by atoms with Crippen molar-refractivity contribution < 1.29 is 9.90 Å². The van der Waals surface area contributed by atoms with Crippen LogP contribution in [0.3, 0.4) is 0 Å². The molecule has 0 spiro atoms. The highest BCUT2D eigenvalue weighted by Crippen LogP contribution is 2.23. The first-order valence-corrected chi connectivity index (χ1v) is 9.34. The first-order valence-electron chi connectivity index (χ1n) is 8.52. The van der Waals surface area contributed by atoms with Gasteiger partial charge >= 0.3 is 0 Å². The molecule has 124 valence electrons. The van der Waals surface area contributed by atoms with Crippen LogP contribution in [0.4, 0.5) is 0 Å². The molecule has 1 amide bonds. The molecule has 3 rings (SSSR count). The molecular formula is C18H24N2O2S. The minimum Gasteiger partial charge on any atom is -0.393 e. The Morgan fingerprint density at radius 2 is 2.00 bits per heavy atom. The number of aryl methyl sites for hydroxylation is 1. The van der Waals surface area contributed by atoms with Gasteiger partial charge in [-0.2, -0.15) is 0 Å². The molecule has 1 aliphatic rings. The molecule has 0 bridgehead atoms. The molecule has 23 heavy (non-hydrogen) atoms. The van der Waals surface area contributed by atoms with Crippen LogP contribution in [0, 0.1) is 0 Å². The number of hydrogen-bond acceptors (Lipinski definition) is 4. The van der Waals surface area contributed by atoms with Crippen molar-refractivity contribution in [1.29, 1.82) is 0 Å². The van der Waals surface area contributed by atoms with Crippen LogP contribution in [0.25, 0.3) is 10.2 Å². The van der Waals surface area contributed by atoms with Crippen molar-refractivity contribution in [1.82, 2.24) is 10.3 Å². The average molecular weight is 332 g/mol. The summed E-state index contributed by atoms with van der Waals surface area (Å²) in [5.74, 6) is 0.149. The Balaban J connectivity index is 1.35. The number of benzene rings is 1. The molecule has 1 aliphatic carbocycles. The predicted molar refractivity (Wildman–Crippen MR) is 93.6 cm³/mol. The lowest BCUT2D eigenvalue weighted by Gasteiger charge is -2.26. The average Bonchev–Trinajstić information content (AvgIpc) is 2.96. The highest BCUT2D eigenvalue weighted by atomic mass is 32.1. The van der Waals surface area contributed by atoms with Gasteiger partial charge in [0.25, 0.3) is 0 Å². The van der Waals surface area contributed by atoms with Crippen molar-refractivity contribution in [2.45, 2.75) is 63.5 Å². The zero-order valence-corrected chi connectivity index (χ0v) is 14.1. The summed E-state index contributed by atoms with van der Waals surface area (Å²) >= 11 is 1.75. The van der Waals surface area contributed by atoms with Crippen LogP contribution in [0.2, 0.25) is 0 Å². The van der Waals surface area contributed by atoms with Gasteiger partial charge in [0.1, 0.15) is 0 Å². The molecule has 0 atom stereocenters. The maximum absolute atomic E-state index is 12.0. The number of aliphatic hydroxyl groups excluding tert-OH is 1. The van der Waals surface area contributed by atoms with E-state index in [0.29, 0.717) is 6.42 Å². The van der Waals surface area contributed by atoms with E-state index in [4.69, 9.17) is 0 Å². The highest BCUT2D eigenvalue weighted by molar-refractivity contribution is 7.18. The third-order valence-corrected chi connectivity index (χ3v) is 5.54. The second-order valence-corrected chi connectivity index (χ2v) is 7.47. The van der Waals surface area contributed by atoms with E-state index >= 15 is 0 Å². The van der Waals surface area contributed by atoms with Crippen molar-refractivity contribution in [3.8, 4) is 0 Å². The molecule has 1 aromatic carbocycles. The van der Waals surface area contributed by atoms with Crippen molar-refractivity contribution >= 4 is 27.5 Å². The second-order valence-electron chi connectivity index (χ2n) is 6.36. The number of nitrogens with zero attached hydrogens (tertiary/aromatic N) is 1. The van der Waals surface area contributed by atoms with Crippen LogP contribution in [0.15, 0.2) is 24.3 Å². The molecule has 0 saturated heterocycles. The lowest BCUT2D eigenvalue weighted by Crippen LogP contribution is -2.38. The SMILES string of the molecule is O=C(CCCCc1nc2ccccc2s1)NC1CCC(O)CC1. The highest BCUT2D eigenvalue weighted by Gasteiger charge is 2.20. The van der Waals surface area contributed by atoms with Gasteiger partial charge in [0.05, 0.1) is 21.3 Å². The molecule has 1 saturated carbocycles. The number of carbonyl (C=O) groups excluding carboxylic acids is 1. The lowest BCUT2D eigenvalue weighted by atomic mass is 9.93. The Morgan fingerprint density at radius 3 is 2.78 bits per heavy atom. The number of fused-ring (bicyclic) bond motifs is 1. The summed E-state index contributed by atoms with van der Waals surface area (Å²) in [4.78, 5) is 16.6. The number of thiazole rings is 1. The van der Waals surface area contributed by atoms with Gasteiger partial charge in [0, 0.05) is 12.5 Å². The van der Waals surface area contributed by atoms with E-state index in [2.05, 4.69) is 16.4 Å². The first kappa shape index (κ1) is 16.4. The Hall–Kier alpha value is -1.46. The normalized spacial score (nSPS) is 21.4. The fraction of sp³-hybridized carbons (Fsp3) is 0.556. The summed E-state index contributed by atoms with van der Waals surface area (Å²) in [7, 11) is 0. The largest absolute Gasteiger partial charge is 0.393 e. The number of aliphatic hydroxyl groups is 1. The molecule has 0 unspecified atom stereocenters. The zero-order valence-electron chi connectivity index (χ0n) is 13.3. The van der Waals surface area contributed by atoms with E-state index < -0.39 is 0 Å². The van der Waals surface area contributed by atoms with Gasteiger partial charge < -0.3 is 10.4 Å². The third-order valence-electron chi connectivity index (χ3n) is 4.44. The van der Waals surface area contributed by atoms with Crippen LogP contribution in [-0.4, -0.2) is 28.1 Å². The Labute approximate surface area is 140 Å². The molecule has 1 fully saturated rings. The van der Waals surface area contributed by atoms with Crippen LogP contribution in [-0.2, 0) is 11.2 Å². The van der Waals surface area contributed by atoms with E-state index in [9.17, 15) is 9.90 Å². The summed E-state index contributed by atoms with van der Waals surface area (Å²) in [6, 6.07) is 8.46. The van der Waals surface area contributed by atoms with E-state index in [1.54, 1.807) is 11.3 Å². The second kappa shape index (κ2) is 7.88. The lowest BCUT2D eigenvalue weighted by molar-refractivity contribution is -0.122. The first-order chi connectivity index (χ1) is 11.2. The molecule has 1 aromatic heterocycles. The minimum atomic E-state index is -0.169. The van der Waals surface area contributed by atoms with Gasteiger partial charge in [-0.15, -0.1) is 11.3 Å². The van der Waals surface area contributed by atoms with E-state index in [0.717, 1.165) is 55.5 Å². The summed E-state index contributed by atoms with van der Waals surface area (Å²) in [5.41, 5.74) is 1.07. The number of nitrogens with one attached hydrogen (secondary N) is 1. The number of para-hydroxylation sites is 1. The molecule has 0 aliphatic heterocycles. The number of unbranched alkanes of at least 4 members (excludes halogenated alkanes) is 1. The molecule has 2 N–H and O–H groups in total. The molecule has 4 nitrogen and oxygen atoms in total. The fourth-order valence-corrected chi connectivity index (χ4v) is 4.12. The van der Waals surface area contributed by atoms with Gasteiger partial charge in [-0.1, -0.05) is 12.1 Å². The van der Waals surface area contributed by atoms with E-state index in [1.807, 2.05) is 18.2 Å². The number of amides is 1. The summed E-state index contributed by atoms with van der Waals surface area (Å²) in [6.07, 6.45) is 6.68. The van der Waals surface area contributed by atoms with Gasteiger partial charge in [-0.05, 0) is 57.1 Å². The molecule has 1 heterocycles. The van der Waals surface area contributed by atoms with Crippen molar-refractivity contribution in [3.05, 3.63) is 29.3 Å². The number of carbonyl (C=O) groups is 1. The maximum Gasteiger partial charge on any atom is 0.220 e. The predicted octanol–water partition coefficient (Wildman–Crippen LogP) is 3.43. The van der Waals surface area contributed by atoms with Gasteiger partial charge in [-0.3, -0.25) is 4.79 Å². The van der Waals surface area contributed by atoms with E-state index in [-0.39, 0.29) is 18.1 Å². The van der Waals surface area contributed by atoms with Crippen LogP contribution in [0.5, 0.6) is 0 Å². The maximum atomic E-state index is 12.0. The van der Waals surface area contributed by atoms with Gasteiger partial charge in [-0.25, -0.2) is 4.98 Å². The Morgan fingerprint density at radius 1 is 1.22 bits per heavy atom. The molecular weight excluding hydrogens is 308 g/mol. The smallest absolute Gasteiger partial charge is 0.220 e. The Bertz CT molecular complexity index is 614. The third kappa shape index (κ3) is 4.75. The zero-order chi connectivity index (χ0) is 16.1. The minimum absolute atomic E-state index is 0.149. The summed E-state index contributed by atoms with van der Waals surface area (Å²) in [5, 5.41) is 13.7. The van der Waals surface area contributed by atoms with Crippen molar-refractivity contribution in [3.63, 3.8) is 0 Å². The van der Waals surface area contributed by atoms with Gasteiger partial charge in [0.15, 0.2) is 0 Å². The molecule has 0 radical (unpaired) electrons. The van der Waals surface area contributed by atoms with Crippen LogP contribution in [0.1, 0.15) is 50.0 Å². The molecule has 5 heteroatoms. The monoisotopic (exact) mass is 332 g/mol. The van der Waals surface area contributed by atoms with Crippen molar-refractivity contribution in [2.24, 2.45) is 0 Å². The topological polar surface area (TPSA) is 62.2 Å². The van der Waals surface area contributed by atoms with Crippen molar-refractivity contribution in [2.75, 3.05) is 0 Å². The number of rotatable bonds is 6. The summed E-state index contributed by atoms with van der Waals surface area (Å²) < 4.78 is 1.24. The Kier molecular flexibility index (Phi) is 5.62. The summed E-state index contributed by atoms with van der Waals surface area (Å²) in [6.45, 7) is 0. The van der Waals surface area contributed by atoms with Gasteiger partial charge in [0.2, 0.25) is 5.91 Å². The van der Waals surface area contributed by atoms with Crippen LogP contribution < -0.4 is 5.32 Å². The quantitative estimate of drug-likeness (QED) is 0.797. The standard InChI is InChI=1S/C18H24N2O2S/c21-14-11-9-13(10-12-14)19-17(22)7-3-4-8-18-20-15-5-1-2-6-16(15)23-18/h1-2,5-6,13-14,21H,3-4,7-12H2,(H,19,22). The number of hydrogen-bond donors (Lipinski definition) is 2. The van der Waals surface area contributed by atoms with E-state index in [1.165, 1.54) is 4.70 Å². The fourth-order valence-electron chi connectivity index (χ4n) is 3.11.